The van der Waals surface area contributed by atoms with Crippen LogP contribution in [0.25, 0.3) is 0 Å². The zero-order valence-electron chi connectivity index (χ0n) is 23.1. The number of aromatic nitrogens is 3. The standard InChI is InChI=1S/C27H46N6O2/c1-11-13-28-21-29-22(34-19-15-24(3,4)32-25(5,6)16-19)31-23(30-21)35-20-17-26(7,8)33(14-12-2)27(9,10)18-20/h11-12,19-20,32H,1-2,13-18H2,3-10H3,(H,28,29,30,31). The van der Waals surface area contributed by atoms with Gasteiger partial charge in [0.2, 0.25) is 5.95 Å². The molecule has 3 rings (SSSR count). The van der Waals surface area contributed by atoms with Gasteiger partial charge in [0.05, 0.1) is 0 Å². The maximum atomic E-state index is 6.41. The Morgan fingerprint density at radius 3 is 1.77 bits per heavy atom. The summed E-state index contributed by atoms with van der Waals surface area (Å²) in [5, 5.41) is 6.86. The van der Waals surface area contributed by atoms with E-state index in [9.17, 15) is 0 Å². The zero-order chi connectivity index (χ0) is 26.1. The van der Waals surface area contributed by atoms with Crippen molar-refractivity contribution < 1.29 is 9.47 Å². The Bertz CT molecular complexity index is 877. The Morgan fingerprint density at radius 1 is 0.829 bits per heavy atom. The van der Waals surface area contributed by atoms with Crippen molar-refractivity contribution in [3.8, 4) is 12.0 Å². The minimum absolute atomic E-state index is 0.0104. The Morgan fingerprint density at radius 2 is 1.31 bits per heavy atom. The second kappa shape index (κ2) is 10.1. The van der Waals surface area contributed by atoms with Gasteiger partial charge in [-0.3, -0.25) is 4.90 Å². The maximum absolute atomic E-state index is 6.41. The van der Waals surface area contributed by atoms with E-state index in [0.717, 1.165) is 32.2 Å². The van der Waals surface area contributed by atoms with E-state index in [1.807, 2.05) is 6.08 Å². The zero-order valence-corrected chi connectivity index (χ0v) is 23.1. The normalized spacial score (nSPS) is 23.9. The van der Waals surface area contributed by atoms with E-state index in [4.69, 9.17) is 9.47 Å². The number of anilines is 1. The smallest absolute Gasteiger partial charge is 0.324 e. The van der Waals surface area contributed by atoms with Crippen LogP contribution in [0.4, 0.5) is 5.95 Å². The molecule has 2 saturated heterocycles. The quantitative estimate of drug-likeness (QED) is 0.484. The van der Waals surface area contributed by atoms with Gasteiger partial charge in [-0.2, -0.15) is 9.97 Å². The minimum Gasteiger partial charge on any atom is -0.460 e. The number of ether oxygens (including phenoxy) is 2. The molecular weight excluding hydrogens is 440 g/mol. The van der Waals surface area contributed by atoms with E-state index in [1.54, 1.807) is 6.08 Å². The van der Waals surface area contributed by atoms with Crippen molar-refractivity contribution >= 4 is 5.95 Å². The Balaban J connectivity index is 1.82. The summed E-state index contributed by atoms with van der Waals surface area (Å²) in [7, 11) is 0. The molecule has 0 aromatic carbocycles. The fourth-order valence-electron chi connectivity index (χ4n) is 6.23. The molecule has 0 saturated carbocycles. The summed E-state index contributed by atoms with van der Waals surface area (Å²) < 4.78 is 12.8. The molecule has 0 bridgehead atoms. The first kappa shape index (κ1) is 27.4. The second-order valence-electron chi connectivity index (χ2n) is 12.6. The summed E-state index contributed by atoms with van der Waals surface area (Å²) in [6.07, 6.45) is 7.14. The van der Waals surface area contributed by atoms with Gasteiger partial charge >= 0.3 is 12.0 Å². The van der Waals surface area contributed by atoms with Crippen molar-refractivity contribution in [1.82, 2.24) is 25.2 Å². The SMILES string of the molecule is C=CCNc1nc(OC2CC(C)(C)NC(C)(C)C2)nc(OC2CC(C)(C)N(CC=C)C(C)(C)C2)n1. The van der Waals surface area contributed by atoms with Crippen LogP contribution in [0.3, 0.4) is 0 Å². The lowest BCUT2D eigenvalue weighted by atomic mass is 9.78. The van der Waals surface area contributed by atoms with Crippen LogP contribution < -0.4 is 20.1 Å². The van der Waals surface area contributed by atoms with Crippen molar-refractivity contribution in [3.05, 3.63) is 25.3 Å². The van der Waals surface area contributed by atoms with Crippen LogP contribution in [-0.2, 0) is 0 Å². The molecule has 196 valence electrons. The van der Waals surface area contributed by atoms with Gasteiger partial charge in [-0.25, -0.2) is 0 Å². The molecule has 0 spiro atoms. The average Bonchev–Trinajstić information content (AvgIpc) is 2.66. The third-order valence-corrected chi connectivity index (χ3v) is 6.92. The van der Waals surface area contributed by atoms with Crippen LogP contribution in [0.2, 0.25) is 0 Å². The lowest BCUT2D eigenvalue weighted by Gasteiger charge is -2.54. The van der Waals surface area contributed by atoms with E-state index in [-0.39, 0.29) is 34.4 Å². The Labute approximate surface area is 212 Å². The van der Waals surface area contributed by atoms with Crippen LogP contribution in [0.5, 0.6) is 12.0 Å². The number of rotatable bonds is 9. The van der Waals surface area contributed by atoms with Gasteiger partial charge < -0.3 is 20.1 Å². The van der Waals surface area contributed by atoms with Crippen LogP contribution in [0, 0.1) is 0 Å². The van der Waals surface area contributed by atoms with Crippen molar-refractivity contribution in [1.29, 1.82) is 0 Å². The van der Waals surface area contributed by atoms with Gasteiger partial charge in [-0.1, -0.05) is 12.2 Å². The van der Waals surface area contributed by atoms with E-state index < -0.39 is 0 Å². The summed E-state index contributed by atoms with van der Waals surface area (Å²) in [5.41, 5.74) is -0.190. The minimum atomic E-state index is -0.0524. The molecule has 35 heavy (non-hydrogen) atoms. The van der Waals surface area contributed by atoms with Crippen molar-refractivity contribution in [2.45, 2.75) is 115 Å². The molecular formula is C27H46N6O2. The summed E-state index contributed by atoms with van der Waals surface area (Å²) in [4.78, 5) is 16.2. The number of piperidine rings is 2. The summed E-state index contributed by atoms with van der Waals surface area (Å²) in [6, 6.07) is 0.588. The van der Waals surface area contributed by atoms with Gasteiger partial charge in [0.15, 0.2) is 0 Å². The molecule has 1 aromatic heterocycles. The third-order valence-electron chi connectivity index (χ3n) is 6.92. The molecule has 0 aliphatic carbocycles. The number of hydrogen-bond acceptors (Lipinski definition) is 8. The molecule has 0 unspecified atom stereocenters. The highest BCUT2D eigenvalue weighted by Crippen LogP contribution is 2.39. The van der Waals surface area contributed by atoms with Crippen LogP contribution in [0.15, 0.2) is 25.3 Å². The maximum Gasteiger partial charge on any atom is 0.324 e. The molecule has 2 fully saturated rings. The molecule has 1 aromatic rings. The monoisotopic (exact) mass is 486 g/mol. The van der Waals surface area contributed by atoms with E-state index >= 15 is 0 Å². The van der Waals surface area contributed by atoms with Gasteiger partial charge in [0.1, 0.15) is 12.2 Å². The first-order valence-electron chi connectivity index (χ1n) is 12.8. The Hall–Kier alpha value is -2.19. The van der Waals surface area contributed by atoms with E-state index in [2.05, 4.69) is 99.0 Å². The van der Waals surface area contributed by atoms with Crippen LogP contribution >= 0.6 is 0 Å². The van der Waals surface area contributed by atoms with E-state index in [1.165, 1.54) is 0 Å². The average molecular weight is 487 g/mol. The number of nitrogens with one attached hydrogen (secondary N) is 2. The predicted octanol–water partition coefficient (Wildman–Crippen LogP) is 4.74. The first-order chi connectivity index (χ1) is 16.1. The molecule has 2 aliphatic rings. The molecule has 8 heteroatoms. The fraction of sp³-hybridized carbons (Fsp3) is 0.741. The largest absolute Gasteiger partial charge is 0.460 e. The molecule has 2 N–H and O–H groups in total. The molecule has 0 amide bonds. The fourth-order valence-corrected chi connectivity index (χ4v) is 6.23. The predicted molar refractivity (Wildman–Crippen MR) is 142 cm³/mol. The molecule has 3 heterocycles. The number of hydrogen-bond donors (Lipinski definition) is 2. The molecule has 2 aliphatic heterocycles. The van der Waals surface area contributed by atoms with Gasteiger partial charge in [-0.05, 0) is 55.4 Å². The summed E-state index contributed by atoms with van der Waals surface area (Å²) in [5.74, 6) is 0.431. The number of likely N-dealkylation sites (tertiary alicyclic amines) is 1. The van der Waals surface area contributed by atoms with Gasteiger partial charge in [0, 0.05) is 60.9 Å². The van der Waals surface area contributed by atoms with Gasteiger partial charge in [-0.15, -0.1) is 18.1 Å². The number of nitrogens with zero attached hydrogens (tertiary/aromatic N) is 4. The highest BCUT2D eigenvalue weighted by molar-refractivity contribution is 5.28. The molecule has 8 nitrogen and oxygen atoms in total. The van der Waals surface area contributed by atoms with Gasteiger partial charge in [0.25, 0.3) is 0 Å². The van der Waals surface area contributed by atoms with Crippen molar-refractivity contribution in [2.75, 3.05) is 18.4 Å². The summed E-state index contributed by atoms with van der Waals surface area (Å²) >= 11 is 0. The molecule has 0 atom stereocenters. The third kappa shape index (κ3) is 7.17. The lowest BCUT2D eigenvalue weighted by Crippen LogP contribution is -2.62. The van der Waals surface area contributed by atoms with Crippen LogP contribution in [-0.4, -0.2) is 67.3 Å². The summed E-state index contributed by atoms with van der Waals surface area (Å²) in [6.45, 7) is 26.9. The van der Waals surface area contributed by atoms with Crippen molar-refractivity contribution in [3.63, 3.8) is 0 Å². The Kier molecular flexibility index (Phi) is 7.87. The highest BCUT2D eigenvalue weighted by Gasteiger charge is 2.46. The molecule has 0 radical (unpaired) electrons. The van der Waals surface area contributed by atoms with Crippen molar-refractivity contribution in [2.24, 2.45) is 0 Å². The second-order valence-corrected chi connectivity index (χ2v) is 12.6. The highest BCUT2D eigenvalue weighted by atomic mass is 16.5. The topological polar surface area (TPSA) is 84.4 Å². The lowest BCUT2D eigenvalue weighted by molar-refractivity contribution is -0.0678. The first-order valence-corrected chi connectivity index (χ1v) is 12.8. The van der Waals surface area contributed by atoms with Crippen LogP contribution in [0.1, 0.15) is 81.1 Å². The van der Waals surface area contributed by atoms with E-state index in [0.29, 0.717) is 24.5 Å².